The molecule has 2 radical (unpaired) electrons. The number of nitrogens with one attached hydrogen (secondary N) is 1. The van der Waals surface area contributed by atoms with E-state index in [2.05, 4.69) is 5.32 Å². The van der Waals surface area contributed by atoms with Crippen LogP contribution in [0.5, 0.6) is 0 Å². The number of carbonyl (C=O) groups is 1. The van der Waals surface area contributed by atoms with E-state index in [1.165, 1.54) is 0 Å². The number of amides is 1. The maximum absolute atomic E-state index is 12.5. The minimum atomic E-state index is -3.41. The zero-order valence-electron chi connectivity index (χ0n) is 14.8. The highest BCUT2D eigenvalue weighted by Gasteiger charge is 2.15. The highest BCUT2D eigenvalue weighted by Crippen LogP contribution is 2.19. The van der Waals surface area contributed by atoms with Crippen LogP contribution in [-0.4, -0.2) is 22.2 Å². The third-order valence-electron chi connectivity index (χ3n) is 4.10. The minimum Gasteiger partial charge on any atom is -0.322 e. The van der Waals surface area contributed by atoms with E-state index >= 15 is 0 Å². The quantitative estimate of drug-likeness (QED) is 0.698. The first kappa shape index (κ1) is 18.9. The van der Waals surface area contributed by atoms with Crippen molar-refractivity contribution in [2.75, 3.05) is 5.32 Å². The number of aryl methyl sites for hydroxylation is 1. The zero-order valence-corrected chi connectivity index (χ0v) is 15.7. The van der Waals surface area contributed by atoms with Crippen LogP contribution < -0.4 is 10.8 Å². The molecule has 0 saturated carbocycles. The van der Waals surface area contributed by atoms with E-state index in [0.717, 1.165) is 5.56 Å². The first-order valence-corrected chi connectivity index (χ1v) is 10.0. The Morgan fingerprint density at radius 1 is 0.963 bits per heavy atom. The van der Waals surface area contributed by atoms with Gasteiger partial charge in [0.1, 0.15) is 7.85 Å². The van der Waals surface area contributed by atoms with Gasteiger partial charge in [0, 0.05) is 11.3 Å². The van der Waals surface area contributed by atoms with Gasteiger partial charge in [-0.15, -0.1) is 0 Å². The molecule has 0 spiro atoms. The van der Waals surface area contributed by atoms with Crippen molar-refractivity contribution >= 4 is 34.7 Å². The number of carbonyl (C=O) groups excluding carboxylic acids is 1. The van der Waals surface area contributed by atoms with Crippen LogP contribution in [0.3, 0.4) is 0 Å². The molecule has 1 N–H and O–H groups in total. The fourth-order valence-electron chi connectivity index (χ4n) is 2.62. The molecule has 0 atom stereocenters. The molecule has 134 valence electrons. The van der Waals surface area contributed by atoms with Gasteiger partial charge in [-0.05, 0) is 42.8 Å². The maximum Gasteiger partial charge on any atom is 0.255 e. The average molecular weight is 375 g/mol. The second-order valence-electron chi connectivity index (χ2n) is 6.35. The lowest BCUT2D eigenvalue weighted by molar-refractivity contribution is 0.102. The number of rotatable bonds is 5. The Labute approximate surface area is 160 Å². The summed E-state index contributed by atoms with van der Waals surface area (Å²) >= 11 is 0. The van der Waals surface area contributed by atoms with E-state index in [9.17, 15) is 13.2 Å². The van der Waals surface area contributed by atoms with Gasteiger partial charge in [-0.2, -0.15) is 0 Å². The molecule has 6 heteroatoms. The molecule has 3 aromatic rings. The fraction of sp³-hybridized carbons (Fsp3) is 0.0952. The second-order valence-corrected chi connectivity index (χ2v) is 8.34. The highest BCUT2D eigenvalue weighted by molar-refractivity contribution is 7.90. The molecular formula is C21H18BNO3S. The van der Waals surface area contributed by atoms with Crippen LogP contribution in [0.15, 0.2) is 77.7 Å². The molecule has 3 aromatic carbocycles. The molecule has 0 aliphatic carbocycles. The fourth-order valence-corrected chi connectivity index (χ4v) is 3.96. The molecule has 0 fully saturated rings. The second kappa shape index (κ2) is 7.80. The Morgan fingerprint density at radius 2 is 1.63 bits per heavy atom. The summed E-state index contributed by atoms with van der Waals surface area (Å²) in [6, 6.07) is 20.2. The van der Waals surface area contributed by atoms with Crippen LogP contribution in [0, 0.1) is 6.92 Å². The van der Waals surface area contributed by atoms with Crippen LogP contribution in [0.25, 0.3) is 0 Å². The first-order valence-electron chi connectivity index (χ1n) is 8.39. The Balaban J connectivity index is 1.70. The van der Waals surface area contributed by atoms with Gasteiger partial charge in [-0.3, -0.25) is 4.79 Å². The van der Waals surface area contributed by atoms with Crippen molar-refractivity contribution in [3.63, 3.8) is 0 Å². The summed E-state index contributed by atoms with van der Waals surface area (Å²) in [4.78, 5) is 12.5. The number of hydrogen-bond acceptors (Lipinski definition) is 3. The monoisotopic (exact) mass is 375 g/mol. The predicted molar refractivity (Wildman–Crippen MR) is 108 cm³/mol. The van der Waals surface area contributed by atoms with Crippen molar-refractivity contribution in [1.29, 1.82) is 0 Å². The lowest BCUT2D eigenvalue weighted by Crippen LogP contribution is -2.14. The van der Waals surface area contributed by atoms with E-state index in [1.807, 2.05) is 6.92 Å². The molecule has 3 rings (SSSR count). The Morgan fingerprint density at radius 3 is 2.26 bits per heavy atom. The largest absolute Gasteiger partial charge is 0.322 e. The summed E-state index contributed by atoms with van der Waals surface area (Å²) in [7, 11) is 2.27. The van der Waals surface area contributed by atoms with Gasteiger partial charge >= 0.3 is 0 Å². The Bertz CT molecular complexity index is 1060. The van der Waals surface area contributed by atoms with Gasteiger partial charge in [0.2, 0.25) is 0 Å². The standard InChI is InChI=1S/C21H18BNO3S/c1-15-5-11-20(12-6-15)27(25,26)14-16-7-9-19(10-8-16)23-21(24)17-3-2-4-18(22)13-17/h2-13H,14H2,1H3,(H,23,24). The number of hydrogen-bond donors (Lipinski definition) is 1. The van der Waals surface area contributed by atoms with Crippen molar-refractivity contribution in [3.8, 4) is 0 Å². The molecule has 0 saturated heterocycles. The summed E-state index contributed by atoms with van der Waals surface area (Å²) in [6.45, 7) is 1.91. The minimum absolute atomic E-state index is 0.0977. The number of benzene rings is 3. The van der Waals surface area contributed by atoms with Gasteiger partial charge in [-0.1, -0.05) is 53.5 Å². The van der Waals surface area contributed by atoms with Crippen LogP contribution in [0.4, 0.5) is 5.69 Å². The molecule has 0 aliphatic heterocycles. The maximum atomic E-state index is 12.5. The van der Waals surface area contributed by atoms with Gasteiger partial charge in [0.25, 0.3) is 5.91 Å². The van der Waals surface area contributed by atoms with Crippen molar-refractivity contribution in [3.05, 3.63) is 89.5 Å². The van der Waals surface area contributed by atoms with Crippen molar-refractivity contribution in [1.82, 2.24) is 0 Å². The predicted octanol–water partition coefficient (Wildman–Crippen LogP) is 3.02. The smallest absolute Gasteiger partial charge is 0.255 e. The molecule has 0 bridgehead atoms. The van der Waals surface area contributed by atoms with E-state index in [0.29, 0.717) is 27.2 Å². The van der Waals surface area contributed by atoms with Gasteiger partial charge in [0.15, 0.2) is 9.84 Å². The van der Waals surface area contributed by atoms with Crippen LogP contribution in [0.2, 0.25) is 0 Å². The Hall–Kier alpha value is -2.86. The normalized spacial score (nSPS) is 11.1. The van der Waals surface area contributed by atoms with Gasteiger partial charge < -0.3 is 5.32 Å². The highest BCUT2D eigenvalue weighted by atomic mass is 32.2. The number of anilines is 1. The topological polar surface area (TPSA) is 63.2 Å². The SMILES string of the molecule is [B]c1cccc(C(=O)Nc2ccc(CS(=O)(=O)c3ccc(C)cc3)cc2)c1. The molecule has 27 heavy (non-hydrogen) atoms. The molecule has 0 heterocycles. The van der Waals surface area contributed by atoms with E-state index in [4.69, 9.17) is 7.85 Å². The lowest BCUT2D eigenvalue weighted by Gasteiger charge is -2.08. The number of sulfone groups is 1. The molecule has 0 aromatic heterocycles. The molecule has 0 unspecified atom stereocenters. The van der Waals surface area contributed by atoms with Crippen LogP contribution in [-0.2, 0) is 15.6 Å². The molecule has 1 amide bonds. The summed E-state index contributed by atoms with van der Waals surface area (Å²) in [5, 5.41) is 2.77. The summed E-state index contributed by atoms with van der Waals surface area (Å²) in [5.74, 6) is -0.373. The van der Waals surface area contributed by atoms with Crippen molar-refractivity contribution in [2.45, 2.75) is 17.6 Å². The van der Waals surface area contributed by atoms with Gasteiger partial charge in [-0.25, -0.2) is 8.42 Å². The summed E-state index contributed by atoms with van der Waals surface area (Å²) < 4.78 is 25.0. The van der Waals surface area contributed by atoms with E-state index in [1.54, 1.807) is 72.8 Å². The third kappa shape index (κ3) is 4.86. The summed E-state index contributed by atoms with van der Waals surface area (Å²) in [5.41, 5.74) is 3.21. The van der Waals surface area contributed by atoms with Crippen LogP contribution >= 0.6 is 0 Å². The molecular weight excluding hydrogens is 357 g/mol. The van der Waals surface area contributed by atoms with Gasteiger partial charge in [0.05, 0.1) is 10.6 Å². The lowest BCUT2D eigenvalue weighted by atomic mass is 9.94. The van der Waals surface area contributed by atoms with Crippen LogP contribution in [0.1, 0.15) is 21.5 Å². The van der Waals surface area contributed by atoms with E-state index in [-0.39, 0.29) is 11.7 Å². The third-order valence-corrected chi connectivity index (χ3v) is 5.80. The molecule has 4 nitrogen and oxygen atoms in total. The van der Waals surface area contributed by atoms with E-state index < -0.39 is 9.84 Å². The van der Waals surface area contributed by atoms with Crippen molar-refractivity contribution in [2.24, 2.45) is 0 Å². The Kier molecular flexibility index (Phi) is 5.47. The zero-order chi connectivity index (χ0) is 19.4. The average Bonchev–Trinajstić information content (AvgIpc) is 2.63. The first-order chi connectivity index (χ1) is 12.8. The molecule has 0 aliphatic rings. The summed E-state index contributed by atoms with van der Waals surface area (Å²) in [6.07, 6.45) is 0. The van der Waals surface area contributed by atoms with Crippen molar-refractivity contribution < 1.29 is 13.2 Å².